The third-order valence-corrected chi connectivity index (χ3v) is 3.52. The molecular weight excluding hydrogens is 212 g/mol. The van der Waals surface area contributed by atoms with E-state index in [1.807, 2.05) is 4.68 Å². The molecule has 0 aromatic carbocycles. The Morgan fingerprint density at radius 2 is 2.35 bits per heavy atom. The summed E-state index contributed by atoms with van der Waals surface area (Å²) in [6.07, 6.45) is 7.94. The van der Waals surface area contributed by atoms with E-state index in [2.05, 4.69) is 29.2 Å². The van der Waals surface area contributed by atoms with Gasteiger partial charge in [-0.15, -0.1) is 0 Å². The molecule has 0 bridgehead atoms. The van der Waals surface area contributed by atoms with Gasteiger partial charge in [0, 0.05) is 19.0 Å². The molecular formula is C13H24N4. The lowest BCUT2D eigenvalue weighted by Crippen LogP contribution is -2.38. The maximum absolute atomic E-state index is 4.36. The fourth-order valence-electron chi connectivity index (χ4n) is 2.21. The van der Waals surface area contributed by atoms with Gasteiger partial charge in [-0.2, -0.15) is 5.10 Å². The van der Waals surface area contributed by atoms with Crippen molar-refractivity contribution in [2.24, 2.45) is 5.92 Å². The molecule has 4 heteroatoms. The molecule has 1 unspecified atom stereocenters. The third-order valence-electron chi connectivity index (χ3n) is 3.52. The highest BCUT2D eigenvalue weighted by atomic mass is 15.3. The van der Waals surface area contributed by atoms with Crippen molar-refractivity contribution in [2.75, 3.05) is 6.54 Å². The van der Waals surface area contributed by atoms with Crippen LogP contribution >= 0.6 is 0 Å². The average Bonchev–Trinajstić information content (AvgIpc) is 2.64. The Morgan fingerprint density at radius 3 is 3.00 bits per heavy atom. The Balaban J connectivity index is 1.75. The minimum Gasteiger partial charge on any atom is -0.314 e. The fourth-order valence-corrected chi connectivity index (χ4v) is 2.21. The highest BCUT2D eigenvalue weighted by Gasteiger charge is 2.17. The smallest absolute Gasteiger partial charge is 0.138 e. The summed E-state index contributed by atoms with van der Waals surface area (Å²) in [7, 11) is 0. The quantitative estimate of drug-likeness (QED) is 0.787. The Morgan fingerprint density at radius 1 is 1.53 bits per heavy atom. The number of aromatic nitrogens is 3. The van der Waals surface area contributed by atoms with E-state index >= 15 is 0 Å². The monoisotopic (exact) mass is 236 g/mol. The lowest BCUT2D eigenvalue weighted by Gasteiger charge is -2.28. The minimum atomic E-state index is 0.635. The first kappa shape index (κ1) is 12.6. The zero-order valence-electron chi connectivity index (χ0n) is 11.0. The lowest BCUT2D eigenvalue weighted by molar-refractivity contribution is 0.318. The van der Waals surface area contributed by atoms with Crippen LogP contribution in [0.15, 0.2) is 6.33 Å². The van der Waals surface area contributed by atoms with Crippen LogP contribution in [0.25, 0.3) is 0 Å². The molecule has 96 valence electrons. The minimum absolute atomic E-state index is 0.635. The van der Waals surface area contributed by atoms with Gasteiger partial charge in [0.05, 0.1) is 0 Å². The third kappa shape index (κ3) is 3.53. The largest absolute Gasteiger partial charge is 0.314 e. The molecule has 1 saturated carbocycles. The van der Waals surface area contributed by atoms with E-state index in [1.54, 1.807) is 6.33 Å². The van der Waals surface area contributed by atoms with E-state index in [4.69, 9.17) is 0 Å². The van der Waals surface area contributed by atoms with Gasteiger partial charge in [-0.25, -0.2) is 4.98 Å². The van der Waals surface area contributed by atoms with E-state index in [-0.39, 0.29) is 0 Å². The van der Waals surface area contributed by atoms with Crippen LogP contribution in [0.3, 0.4) is 0 Å². The molecule has 0 aliphatic heterocycles. The molecule has 0 amide bonds. The first-order valence-corrected chi connectivity index (χ1v) is 6.89. The molecule has 1 aromatic heterocycles. The van der Waals surface area contributed by atoms with Gasteiger partial charge in [-0.1, -0.05) is 20.3 Å². The zero-order valence-corrected chi connectivity index (χ0v) is 11.0. The van der Waals surface area contributed by atoms with Gasteiger partial charge in [-0.05, 0) is 31.7 Å². The molecule has 2 rings (SSSR count). The molecule has 0 saturated heterocycles. The van der Waals surface area contributed by atoms with Crippen molar-refractivity contribution in [1.82, 2.24) is 20.1 Å². The van der Waals surface area contributed by atoms with Gasteiger partial charge in [0.1, 0.15) is 12.2 Å². The van der Waals surface area contributed by atoms with Crippen LogP contribution in [0.2, 0.25) is 0 Å². The second kappa shape index (κ2) is 6.15. The van der Waals surface area contributed by atoms with Gasteiger partial charge < -0.3 is 5.32 Å². The zero-order chi connectivity index (χ0) is 12.1. The van der Waals surface area contributed by atoms with Gasteiger partial charge in [0.2, 0.25) is 0 Å². The standard InChI is InChI=1S/C13H24N4/c1-3-7-17-13(15-10-16-17)8-11(2)9-14-12-5-4-6-12/h10-12,14H,3-9H2,1-2H3. The molecule has 17 heavy (non-hydrogen) atoms. The number of nitrogens with zero attached hydrogens (tertiary/aromatic N) is 3. The Bertz CT molecular complexity index is 330. The molecule has 0 spiro atoms. The van der Waals surface area contributed by atoms with Gasteiger partial charge in [0.15, 0.2) is 0 Å². The lowest BCUT2D eigenvalue weighted by atomic mass is 9.92. The van der Waals surface area contributed by atoms with Crippen LogP contribution in [-0.4, -0.2) is 27.4 Å². The topological polar surface area (TPSA) is 42.7 Å². The second-order valence-electron chi connectivity index (χ2n) is 5.24. The maximum Gasteiger partial charge on any atom is 0.138 e. The van der Waals surface area contributed by atoms with Gasteiger partial charge >= 0.3 is 0 Å². The van der Waals surface area contributed by atoms with Crippen LogP contribution in [0.1, 0.15) is 45.4 Å². The average molecular weight is 236 g/mol. The van der Waals surface area contributed by atoms with Crippen molar-refractivity contribution in [1.29, 1.82) is 0 Å². The van der Waals surface area contributed by atoms with E-state index < -0.39 is 0 Å². The normalized spacial score (nSPS) is 18.0. The molecule has 0 radical (unpaired) electrons. The predicted molar refractivity (Wildman–Crippen MR) is 68.8 cm³/mol. The number of nitrogens with one attached hydrogen (secondary N) is 1. The Kier molecular flexibility index (Phi) is 4.54. The van der Waals surface area contributed by atoms with Crippen molar-refractivity contribution in [3.63, 3.8) is 0 Å². The van der Waals surface area contributed by atoms with Crippen LogP contribution < -0.4 is 5.32 Å². The summed E-state index contributed by atoms with van der Waals surface area (Å²) < 4.78 is 2.04. The first-order chi connectivity index (χ1) is 8.29. The number of hydrogen-bond donors (Lipinski definition) is 1. The molecule has 1 atom stereocenters. The molecule has 1 aliphatic rings. The summed E-state index contributed by atoms with van der Waals surface area (Å²) in [5, 5.41) is 7.89. The fraction of sp³-hybridized carbons (Fsp3) is 0.846. The Hall–Kier alpha value is -0.900. The SMILES string of the molecule is CCCn1ncnc1CC(C)CNC1CCC1. The highest BCUT2D eigenvalue weighted by Crippen LogP contribution is 2.18. The van der Waals surface area contributed by atoms with E-state index in [0.29, 0.717) is 5.92 Å². The first-order valence-electron chi connectivity index (χ1n) is 6.89. The molecule has 4 nitrogen and oxygen atoms in total. The van der Waals surface area contributed by atoms with Crippen molar-refractivity contribution in [3.05, 3.63) is 12.2 Å². The predicted octanol–water partition coefficient (Wildman–Crippen LogP) is 2.01. The van der Waals surface area contributed by atoms with E-state index in [1.165, 1.54) is 19.3 Å². The maximum atomic E-state index is 4.36. The Labute approximate surface area is 104 Å². The summed E-state index contributed by atoms with van der Waals surface area (Å²) >= 11 is 0. The van der Waals surface area contributed by atoms with Crippen LogP contribution in [0.4, 0.5) is 0 Å². The van der Waals surface area contributed by atoms with E-state index in [0.717, 1.165) is 37.8 Å². The number of rotatable bonds is 7. The number of hydrogen-bond acceptors (Lipinski definition) is 3. The molecule has 1 aromatic rings. The van der Waals surface area contributed by atoms with Crippen molar-refractivity contribution in [2.45, 2.75) is 58.5 Å². The van der Waals surface area contributed by atoms with Gasteiger partial charge in [-0.3, -0.25) is 4.68 Å². The van der Waals surface area contributed by atoms with Crippen LogP contribution in [0, 0.1) is 5.92 Å². The van der Waals surface area contributed by atoms with Crippen LogP contribution in [-0.2, 0) is 13.0 Å². The molecule has 1 fully saturated rings. The van der Waals surface area contributed by atoms with E-state index in [9.17, 15) is 0 Å². The van der Waals surface area contributed by atoms with Crippen molar-refractivity contribution in [3.8, 4) is 0 Å². The summed E-state index contributed by atoms with van der Waals surface area (Å²) in [6, 6.07) is 0.783. The summed E-state index contributed by atoms with van der Waals surface area (Å²) in [5.41, 5.74) is 0. The highest BCUT2D eigenvalue weighted by molar-refractivity contribution is 4.87. The summed E-state index contributed by atoms with van der Waals surface area (Å²) in [6.45, 7) is 6.55. The van der Waals surface area contributed by atoms with Crippen LogP contribution in [0.5, 0.6) is 0 Å². The summed E-state index contributed by atoms with van der Waals surface area (Å²) in [4.78, 5) is 4.36. The van der Waals surface area contributed by atoms with Gasteiger partial charge in [0.25, 0.3) is 0 Å². The second-order valence-corrected chi connectivity index (χ2v) is 5.24. The molecule has 1 aliphatic carbocycles. The molecule has 1 N–H and O–H groups in total. The molecule has 1 heterocycles. The summed E-state index contributed by atoms with van der Waals surface area (Å²) in [5.74, 6) is 1.77. The van der Waals surface area contributed by atoms with Crippen molar-refractivity contribution < 1.29 is 0 Å². The van der Waals surface area contributed by atoms with Crippen molar-refractivity contribution >= 4 is 0 Å². The number of aryl methyl sites for hydroxylation is 1.